The average Bonchev–Trinajstić information content (AvgIpc) is 2.47. The van der Waals surface area contributed by atoms with E-state index in [1.807, 2.05) is 23.9 Å². The average molecular weight is 274 g/mol. The number of hydrogen-bond acceptors (Lipinski definition) is 3. The molecule has 100 valence electrons. The van der Waals surface area contributed by atoms with Crippen molar-refractivity contribution in [3.63, 3.8) is 0 Å². The highest BCUT2D eigenvalue weighted by atomic mass is 32.2. The van der Waals surface area contributed by atoms with Gasteiger partial charge < -0.3 is 4.90 Å². The van der Waals surface area contributed by atoms with E-state index in [0.717, 1.165) is 18.5 Å². The second-order valence-corrected chi connectivity index (χ2v) is 6.10. The van der Waals surface area contributed by atoms with Crippen LogP contribution in [0.15, 0.2) is 24.3 Å². The SMILES string of the molecule is CN(C(=O)CC1CCSCC1)c1ccc(C#N)cc1. The Labute approximate surface area is 118 Å². The van der Waals surface area contributed by atoms with Crippen molar-refractivity contribution in [2.45, 2.75) is 19.3 Å². The van der Waals surface area contributed by atoms with E-state index in [-0.39, 0.29) is 5.91 Å². The highest BCUT2D eigenvalue weighted by molar-refractivity contribution is 7.99. The van der Waals surface area contributed by atoms with Crippen LogP contribution in [0.5, 0.6) is 0 Å². The molecule has 4 heteroatoms. The normalized spacial score (nSPS) is 15.8. The lowest BCUT2D eigenvalue weighted by molar-refractivity contribution is -0.119. The van der Waals surface area contributed by atoms with Gasteiger partial charge in [-0.05, 0) is 54.5 Å². The first-order chi connectivity index (χ1) is 9.20. The summed E-state index contributed by atoms with van der Waals surface area (Å²) in [6.07, 6.45) is 2.94. The number of carbonyl (C=O) groups is 1. The highest BCUT2D eigenvalue weighted by Gasteiger charge is 2.20. The van der Waals surface area contributed by atoms with Crippen molar-refractivity contribution < 1.29 is 4.79 Å². The molecule has 1 heterocycles. The van der Waals surface area contributed by atoms with Crippen LogP contribution in [-0.4, -0.2) is 24.5 Å². The van der Waals surface area contributed by atoms with Crippen LogP contribution in [0.3, 0.4) is 0 Å². The Hall–Kier alpha value is -1.47. The first kappa shape index (κ1) is 14.0. The summed E-state index contributed by atoms with van der Waals surface area (Å²) in [5, 5.41) is 8.76. The highest BCUT2D eigenvalue weighted by Crippen LogP contribution is 2.26. The molecule has 1 aliphatic heterocycles. The molecule has 1 aromatic carbocycles. The summed E-state index contributed by atoms with van der Waals surface area (Å²) in [6.45, 7) is 0. The Morgan fingerprint density at radius 2 is 2.00 bits per heavy atom. The first-order valence-electron chi connectivity index (χ1n) is 6.55. The fourth-order valence-electron chi connectivity index (χ4n) is 2.24. The number of nitriles is 1. The van der Waals surface area contributed by atoms with Crippen LogP contribution < -0.4 is 4.90 Å². The lowest BCUT2D eigenvalue weighted by Gasteiger charge is -2.24. The quantitative estimate of drug-likeness (QED) is 0.851. The summed E-state index contributed by atoms with van der Waals surface area (Å²) >= 11 is 1.98. The van der Waals surface area contributed by atoms with Gasteiger partial charge in [0.2, 0.25) is 5.91 Å². The maximum Gasteiger partial charge on any atom is 0.226 e. The Kier molecular flexibility index (Phi) is 4.86. The molecule has 1 aromatic rings. The van der Waals surface area contributed by atoms with Crippen LogP contribution in [0, 0.1) is 17.2 Å². The zero-order valence-corrected chi connectivity index (χ0v) is 11.9. The molecule has 0 aromatic heterocycles. The summed E-state index contributed by atoms with van der Waals surface area (Å²) in [4.78, 5) is 13.9. The van der Waals surface area contributed by atoms with Gasteiger partial charge in [0.05, 0.1) is 11.6 Å². The predicted octanol–water partition coefficient (Wildman–Crippen LogP) is 3.05. The number of hydrogen-bond donors (Lipinski definition) is 0. The molecule has 1 saturated heterocycles. The fraction of sp³-hybridized carbons (Fsp3) is 0.467. The number of carbonyl (C=O) groups excluding carboxylic acids is 1. The molecule has 0 unspecified atom stereocenters. The van der Waals surface area contributed by atoms with Crippen molar-refractivity contribution in [3.8, 4) is 6.07 Å². The summed E-state index contributed by atoms with van der Waals surface area (Å²) in [5.74, 6) is 3.06. The molecule has 0 bridgehead atoms. The van der Waals surface area contributed by atoms with Gasteiger partial charge in [-0.1, -0.05) is 0 Å². The number of benzene rings is 1. The molecule has 0 radical (unpaired) electrons. The molecule has 2 rings (SSSR count). The third kappa shape index (κ3) is 3.74. The summed E-state index contributed by atoms with van der Waals surface area (Å²) in [6, 6.07) is 9.23. The Morgan fingerprint density at radius 3 is 2.58 bits per heavy atom. The van der Waals surface area contributed by atoms with E-state index in [1.165, 1.54) is 11.5 Å². The van der Waals surface area contributed by atoms with E-state index < -0.39 is 0 Å². The van der Waals surface area contributed by atoms with Crippen LogP contribution in [0.25, 0.3) is 0 Å². The van der Waals surface area contributed by atoms with E-state index in [4.69, 9.17) is 5.26 Å². The Morgan fingerprint density at radius 1 is 1.37 bits per heavy atom. The molecular weight excluding hydrogens is 256 g/mol. The van der Waals surface area contributed by atoms with Gasteiger partial charge in [-0.3, -0.25) is 4.79 Å². The summed E-state index contributed by atoms with van der Waals surface area (Å²) in [5.41, 5.74) is 1.48. The molecule has 0 N–H and O–H groups in total. The lowest BCUT2D eigenvalue weighted by Crippen LogP contribution is -2.29. The van der Waals surface area contributed by atoms with Crippen molar-refractivity contribution in [2.75, 3.05) is 23.5 Å². The maximum atomic E-state index is 12.2. The van der Waals surface area contributed by atoms with E-state index in [0.29, 0.717) is 17.9 Å². The van der Waals surface area contributed by atoms with Crippen molar-refractivity contribution in [3.05, 3.63) is 29.8 Å². The standard InChI is InChI=1S/C15H18N2OS/c1-17(14-4-2-13(11-16)3-5-14)15(18)10-12-6-8-19-9-7-12/h2-5,12H,6-10H2,1H3. The van der Waals surface area contributed by atoms with E-state index in [1.54, 1.807) is 24.1 Å². The van der Waals surface area contributed by atoms with Gasteiger partial charge in [0.1, 0.15) is 0 Å². The minimum atomic E-state index is 0.168. The largest absolute Gasteiger partial charge is 0.315 e. The topological polar surface area (TPSA) is 44.1 Å². The van der Waals surface area contributed by atoms with Gasteiger partial charge in [0.15, 0.2) is 0 Å². The van der Waals surface area contributed by atoms with Crippen molar-refractivity contribution in [2.24, 2.45) is 5.92 Å². The van der Waals surface area contributed by atoms with Gasteiger partial charge in [-0.2, -0.15) is 17.0 Å². The van der Waals surface area contributed by atoms with Gasteiger partial charge in [0, 0.05) is 19.2 Å². The van der Waals surface area contributed by atoms with Crippen LogP contribution in [-0.2, 0) is 4.79 Å². The fourth-order valence-corrected chi connectivity index (χ4v) is 3.44. The molecule has 1 fully saturated rings. The Balaban J connectivity index is 1.95. The minimum absolute atomic E-state index is 0.168. The summed E-state index contributed by atoms with van der Waals surface area (Å²) in [7, 11) is 1.81. The third-order valence-electron chi connectivity index (χ3n) is 3.56. The van der Waals surface area contributed by atoms with Gasteiger partial charge in [0.25, 0.3) is 0 Å². The predicted molar refractivity (Wildman–Crippen MR) is 79.2 cm³/mol. The van der Waals surface area contributed by atoms with Crippen molar-refractivity contribution in [1.29, 1.82) is 5.26 Å². The molecule has 0 aliphatic carbocycles. The van der Waals surface area contributed by atoms with Gasteiger partial charge in [-0.25, -0.2) is 0 Å². The van der Waals surface area contributed by atoms with Crippen LogP contribution in [0.4, 0.5) is 5.69 Å². The minimum Gasteiger partial charge on any atom is -0.315 e. The monoisotopic (exact) mass is 274 g/mol. The zero-order chi connectivity index (χ0) is 13.7. The molecule has 19 heavy (non-hydrogen) atoms. The van der Waals surface area contributed by atoms with Gasteiger partial charge >= 0.3 is 0 Å². The first-order valence-corrected chi connectivity index (χ1v) is 7.70. The van der Waals surface area contributed by atoms with E-state index in [2.05, 4.69) is 6.07 Å². The molecule has 0 atom stereocenters. The second-order valence-electron chi connectivity index (χ2n) is 4.87. The molecule has 0 saturated carbocycles. The van der Waals surface area contributed by atoms with Crippen molar-refractivity contribution >= 4 is 23.4 Å². The number of amides is 1. The molecular formula is C15H18N2OS. The molecule has 1 aliphatic rings. The van der Waals surface area contributed by atoms with E-state index in [9.17, 15) is 4.79 Å². The van der Waals surface area contributed by atoms with Crippen LogP contribution >= 0.6 is 11.8 Å². The smallest absolute Gasteiger partial charge is 0.226 e. The van der Waals surface area contributed by atoms with Gasteiger partial charge in [-0.15, -0.1) is 0 Å². The van der Waals surface area contributed by atoms with Crippen LogP contribution in [0.1, 0.15) is 24.8 Å². The molecule has 1 amide bonds. The zero-order valence-electron chi connectivity index (χ0n) is 11.1. The number of anilines is 1. The Bertz CT molecular complexity index is 472. The maximum absolute atomic E-state index is 12.2. The second kappa shape index (κ2) is 6.63. The number of nitrogens with zero attached hydrogens (tertiary/aromatic N) is 2. The number of rotatable bonds is 3. The van der Waals surface area contributed by atoms with E-state index >= 15 is 0 Å². The lowest BCUT2D eigenvalue weighted by atomic mass is 9.98. The third-order valence-corrected chi connectivity index (χ3v) is 4.61. The molecule has 3 nitrogen and oxygen atoms in total. The van der Waals surface area contributed by atoms with Crippen molar-refractivity contribution in [1.82, 2.24) is 0 Å². The van der Waals surface area contributed by atoms with Crippen LogP contribution in [0.2, 0.25) is 0 Å². The summed E-state index contributed by atoms with van der Waals surface area (Å²) < 4.78 is 0. The molecule has 0 spiro atoms. The number of thioether (sulfide) groups is 1.